The van der Waals surface area contributed by atoms with Crippen molar-refractivity contribution in [1.29, 1.82) is 0 Å². The largest absolute Gasteiger partial charge is 0.478 e. The predicted molar refractivity (Wildman–Crippen MR) is 40.5 cm³/mol. The van der Waals surface area contributed by atoms with E-state index in [1.54, 1.807) is 0 Å². The maximum Gasteiger partial charge on any atom is 0.356 e. The summed E-state index contributed by atoms with van der Waals surface area (Å²) in [4.78, 5) is 20.8. The molecule has 0 saturated heterocycles. The van der Waals surface area contributed by atoms with Crippen LogP contribution in [0.25, 0.3) is 0 Å². The molecule has 1 aromatic heterocycles. The van der Waals surface area contributed by atoms with Crippen molar-refractivity contribution in [2.75, 3.05) is 0 Å². The number of thiol groups is 1. The molecule has 7 heteroatoms. The van der Waals surface area contributed by atoms with Crippen molar-refractivity contribution in [2.45, 2.75) is 0 Å². The van der Waals surface area contributed by atoms with Crippen molar-refractivity contribution in [3.63, 3.8) is 0 Å². The van der Waals surface area contributed by atoms with Crippen LogP contribution < -0.4 is 0 Å². The van der Waals surface area contributed by atoms with E-state index in [0.717, 1.165) is 6.20 Å². The van der Waals surface area contributed by atoms with E-state index in [-0.39, 0.29) is 5.56 Å². The molecule has 0 amide bonds. The van der Waals surface area contributed by atoms with Gasteiger partial charge in [-0.25, -0.2) is 13.7 Å². The molecule has 64 valence electrons. The molecule has 0 atom stereocenters. The summed E-state index contributed by atoms with van der Waals surface area (Å²) in [6.45, 7) is 0. The highest BCUT2D eigenvalue weighted by Crippen LogP contribution is 2.09. The third-order valence-electron chi connectivity index (χ3n) is 1.18. The van der Waals surface area contributed by atoms with Gasteiger partial charge in [0.05, 0.1) is 6.20 Å². The van der Waals surface area contributed by atoms with Gasteiger partial charge in [0.1, 0.15) is 5.56 Å². The predicted octanol–water partition coefficient (Wildman–Crippen LogP) is -0.0276. The number of carbonyl (C=O) groups is 2. The molecule has 0 aliphatic carbocycles. The molecule has 0 fully saturated rings. The van der Waals surface area contributed by atoms with Gasteiger partial charge in [-0.05, 0) is 12.8 Å². The summed E-state index contributed by atoms with van der Waals surface area (Å²) in [6, 6.07) is 0. The van der Waals surface area contributed by atoms with E-state index in [9.17, 15) is 9.59 Å². The van der Waals surface area contributed by atoms with Crippen LogP contribution in [-0.2, 0) is 0 Å². The van der Waals surface area contributed by atoms with E-state index < -0.39 is 17.6 Å². The van der Waals surface area contributed by atoms with E-state index in [0.29, 0.717) is 4.09 Å². The minimum atomic E-state index is -1.38. The molecule has 0 aliphatic rings. The van der Waals surface area contributed by atoms with Crippen molar-refractivity contribution >= 4 is 24.8 Å². The average Bonchev–Trinajstić information content (AvgIpc) is 2.30. The number of aromatic nitrogens is 2. The minimum Gasteiger partial charge on any atom is -0.478 e. The first kappa shape index (κ1) is 8.60. The Kier molecular flexibility index (Phi) is 2.05. The zero-order chi connectivity index (χ0) is 9.30. The lowest BCUT2D eigenvalue weighted by atomic mass is 10.2. The number of aromatic carboxylic acids is 2. The highest BCUT2D eigenvalue weighted by molar-refractivity contribution is 7.78. The Balaban J connectivity index is 3.31. The van der Waals surface area contributed by atoms with E-state index in [1.807, 2.05) is 0 Å². The molecule has 0 radical (unpaired) electrons. The second-order valence-electron chi connectivity index (χ2n) is 1.91. The molecule has 12 heavy (non-hydrogen) atoms. The summed E-state index contributed by atoms with van der Waals surface area (Å²) >= 11 is 3.61. The van der Waals surface area contributed by atoms with E-state index in [4.69, 9.17) is 10.2 Å². The van der Waals surface area contributed by atoms with Crippen LogP contribution in [-0.4, -0.2) is 31.3 Å². The Morgan fingerprint density at radius 3 is 2.33 bits per heavy atom. The SMILES string of the molecule is O=C(O)c1cnn(S)c1C(=O)O. The number of rotatable bonds is 2. The van der Waals surface area contributed by atoms with Crippen molar-refractivity contribution in [3.05, 3.63) is 17.5 Å². The smallest absolute Gasteiger partial charge is 0.356 e. The number of carboxylic acid groups (broad SMARTS) is 2. The summed E-state index contributed by atoms with van der Waals surface area (Å²) in [6.07, 6.45) is 0.929. The zero-order valence-corrected chi connectivity index (χ0v) is 6.52. The molecule has 1 rings (SSSR count). The van der Waals surface area contributed by atoms with Crippen molar-refractivity contribution in [1.82, 2.24) is 9.19 Å². The number of hydrogen-bond acceptors (Lipinski definition) is 4. The molecule has 1 aromatic rings. The lowest BCUT2D eigenvalue weighted by Crippen LogP contribution is -2.08. The normalized spacial score (nSPS) is 9.75. The van der Waals surface area contributed by atoms with Gasteiger partial charge in [0.25, 0.3) is 0 Å². The summed E-state index contributed by atoms with van der Waals surface area (Å²) in [7, 11) is 0. The topological polar surface area (TPSA) is 92.4 Å². The second kappa shape index (κ2) is 2.86. The van der Waals surface area contributed by atoms with Crippen LogP contribution >= 0.6 is 12.8 Å². The Morgan fingerprint density at radius 2 is 2.00 bits per heavy atom. The lowest BCUT2D eigenvalue weighted by Gasteiger charge is -1.94. The Hall–Kier alpha value is -1.50. The fraction of sp³-hybridized carbons (Fsp3) is 0. The Morgan fingerprint density at radius 1 is 1.42 bits per heavy atom. The van der Waals surface area contributed by atoms with Gasteiger partial charge in [-0.3, -0.25) is 0 Å². The van der Waals surface area contributed by atoms with Crippen LogP contribution in [0.2, 0.25) is 0 Å². The quantitative estimate of drug-likeness (QED) is 0.567. The van der Waals surface area contributed by atoms with Crippen LogP contribution in [0.3, 0.4) is 0 Å². The zero-order valence-electron chi connectivity index (χ0n) is 5.63. The Labute approximate surface area is 72.0 Å². The van der Waals surface area contributed by atoms with E-state index >= 15 is 0 Å². The molecule has 0 saturated carbocycles. The number of nitrogens with zero attached hydrogens (tertiary/aromatic N) is 2. The molecule has 0 spiro atoms. The summed E-state index contributed by atoms with van der Waals surface area (Å²) in [5.74, 6) is -2.72. The number of hydrogen-bond donors (Lipinski definition) is 3. The van der Waals surface area contributed by atoms with Crippen LogP contribution in [0.1, 0.15) is 20.8 Å². The number of carboxylic acids is 2. The molecule has 2 N–H and O–H groups in total. The van der Waals surface area contributed by atoms with E-state index in [2.05, 4.69) is 17.9 Å². The van der Waals surface area contributed by atoms with Crippen LogP contribution in [0.5, 0.6) is 0 Å². The first-order valence-electron chi connectivity index (χ1n) is 2.78. The van der Waals surface area contributed by atoms with Crippen LogP contribution in [0, 0.1) is 0 Å². The van der Waals surface area contributed by atoms with Gasteiger partial charge in [-0.2, -0.15) is 5.10 Å². The van der Waals surface area contributed by atoms with Crippen molar-refractivity contribution in [2.24, 2.45) is 0 Å². The second-order valence-corrected chi connectivity index (χ2v) is 2.29. The lowest BCUT2D eigenvalue weighted by molar-refractivity contribution is 0.0647. The maximum absolute atomic E-state index is 10.4. The fourth-order valence-corrected chi connectivity index (χ4v) is 0.941. The average molecular weight is 188 g/mol. The monoisotopic (exact) mass is 188 g/mol. The van der Waals surface area contributed by atoms with Gasteiger partial charge in [-0.1, -0.05) is 0 Å². The van der Waals surface area contributed by atoms with Gasteiger partial charge >= 0.3 is 11.9 Å². The van der Waals surface area contributed by atoms with Gasteiger partial charge in [-0.15, -0.1) is 0 Å². The fourth-order valence-electron chi connectivity index (χ4n) is 0.696. The van der Waals surface area contributed by atoms with Crippen LogP contribution in [0.4, 0.5) is 0 Å². The molecule has 6 nitrogen and oxygen atoms in total. The maximum atomic E-state index is 10.4. The van der Waals surface area contributed by atoms with Crippen LogP contribution in [0.15, 0.2) is 6.20 Å². The highest BCUT2D eigenvalue weighted by atomic mass is 32.1. The third-order valence-corrected chi connectivity index (χ3v) is 1.49. The third kappa shape index (κ3) is 1.26. The van der Waals surface area contributed by atoms with Gasteiger partial charge in [0.2, 0.25) is 0 Å². The Bertz CT molecular complexity index is 345. The van der Waals surface area contributed by atoms with Crippen molar-refractivity contribution < 1.29 is 19.8 Å². The van der Waals surface area contributed by atoms with Gasteiger partial charge < -0.3 is 10.2 Å². The minimum absolute atomic E-state index is 0.377. The first-order valence-corrected chi connectivity index (χ1v) is 3.18. The van der Waals surface area contributed by atoms with Gasteiger partial charge in [0.15, 0.2) is 5.69 Å². The highest BCUT2D eigenvalue weighted by Gasteiger charge is 2.20. The molecular formula is C5H4N2O4S. The summed E-state index contributed by atoms with van der Waals surface area (Å²) in [5.41, 5.74) is -0.830. The standard InChI is InChI=1S/C5H4N2O4S/c8-4(9)2-1-6-7(12)3(2)5(10)11/h1,12H,(H,8,9)(H,10,11). The molecular weight excluding hydrogens is 184 g/mol. The molecule has 0 aliphatic heterocycles. The molecule has 0 bridgehead atoms. The first-order chi connectivity index (χ1) is 5.54. The van der Waals surface area contributed by atoms with E-state index in [1.165, 1.54) is 0 Å². The molecule has 1 heterocycles. The summed E-state index contributed by atoms with van der Waals surface area (Å²) < 4.78 is 0.700. The van der Waals surface area contributed by atoms with Crippen molar-refractivity contribution in [3.8, 4) is 0 Å². The molecule has 0 unspecified atom stereocenters. The van der Waals surface area contributed by atoms with Gasteiger partial charge in [0, 0.05) is 0 Å². The molecule has 0 aromatic carbocycles. The summed E-state index contributed by atoms with van der Waals surface area (Å²) in [5, 5.41) is 20.4.